The van der Waals surface area contributed by atoms with E-state index in [4.69, 9.17) is 4.74 Å². The van der Waals surface area contributed by atoms with Crippen LogP contribution in [-0.4, -0.2) is 59.9 Å². The second kappa shape index (κ2) is 10.6. The Kier molecular flexibility index (Phi) is 7.40. The number of likely N-dealkylation sites (tertiary alicyclic amines) is 1. The topological polar surface area (TPSA) is 74.8 Å². The summed E-state index contributed by atoms with van der Waals surface area (Å²) in [5, 5.41) is 3.08. The number of aryl methyl sites for hydroxylation is 1. The summed E-state index contributed by atoms with van der Waals surface area (Å²) in [6.45, 7) is 6.12. The molecule has 174 valence electrons. The lowest BCUT2D eigenvalue weighted by molar-refractivity contribution is -0.126. The van der Waals surface area contributed by atoms with Gasteiger partial charge >= 0.3 is 0 Å². The number of aromatic nitrogens is 1. The van der Waals surface area contributed by atoms with Gasteiger partial charge in [-0.15, -0.1) is 0 Å². The van der Waals surface area contributed by atoms with Gasteiger partial charge in [-0.1, -0.05) is 12.1 Å². The number of pyridine rings is 1. The monoisotopic (exact) mass is 448 g/mol. The zero-order valence-electron chi connectivity index (χ0n) is 19.5. The highest BCUT2D eigenvalue weighted by Crippen LogP contribution is 2.24. The lowest BCUT2D eigenvalue weighted by atomic mass is 9.94. The van der Waals surface area contributed by atoms with Gasteiger partial charge in [-0.2, -0.15) is 0 Å². The molecule has 7 heteroatoms. The molecule has 33 heavy (non-hydrogen) atoms. The maximum absolute atomic E-state index is 12.8. The molecule has 0 spiro atoms. The van der Waals surface area contributed by atoms with E-state index in [2.05, 4.69) is 15.2 Å². The van der Waals surface area contributed by atoms with E-state index in [0.717, 1.165) is 47.6 Å². The Bertz CT molecular complexity index is 1030. The van der Waals surface area contributed by atoms with Gasteiger partial charge in [0.2, 0.25) is 11.8 Å². The number of nitrogens with one attached hydrogen (secondary N) is 1. The van der Waals surface area contributed by atoms with Gasteiger partial charge in [0.05, 0.1) is 13.7 Å². The van der Waals surface area contributed by atoms with Crippen molar-refractivity contribution in [1.29, 1.82) is 0 Å². The molecule has 0 aliphatic carbocycles. The highest BCUT2D eigenvalue weighted by molar-refractivity contribution is 5.92. The Morgan fingerprint density at radius 2 is 1.91 bits per heavy atom. The zero-order valence-corrected chi connectivity index (χ0v) is 19.5. The lowest BCUT2D eigenvalue weighted by Crippen LogP contribution is -2.37. The smallest absolute Gasteiger partial charge is 0.246 e. The predicted octanol–water partition coefficient (Wildman–Crippen LogP) is 2.71. The van der Waals surface area contributed by atoms with Crippen molar-refractivity contribution in [2.75, 3.05) is 33.3 Å². The van der Waals surface area contributed by atoms with Crippen molar-refractivity contribution in [2.45, 2.75) is 39.3 Å². The third kappa shape index (κ3) is 5.79. The first kappa shape index (κ1) is 23.0. The Morgan fingerprint density at radius 1 is 1.15 bits per heavy atom. The number of hydrogen-bond acceptors (Lipinski definition) is 5. The first-order valence-electron chi connectivity index (χ1n) is 11.6. The summed E-state index contributed by atoms with van der Waals surface area (Å²) < 4.78 is 5.17. The Morgan fingerprint density at radius 3 is 2.64 bits per heavy atom. The number of benzene rings is 1. The molecule has 1 aromatic carbocycles. The molecule has 7 nitrogen and oxygen atoms in total. The van der Waals surface area contributed by atoms with E-state index >= 15 is 0 Å². The minimum absolute atomic E-state index is 0.0162. The van der Waals surface area contributed by atoms with Crippen LogP contribution >= 0.6 is 0 Å². The summed E-state index contributed by atoms with van der Waals surface area (Å²) in [5.41, 5.74) is 5.25. The van der Waals surface area contributed by atoms with Crippen LogP contribution in [0.15, 0.2) is 36.5 Å². The first-order chi connectivity index (χ1) is 16.0. The van der Waals surface area contributed by atoms with E-state index in [1.54, 1.807) is 13.2 Å². The Labute approximate surface area is 195 Å². The molecule has 0 bridgehead atoms. The van der Waals surface area contributed by atoms with Crippen LogP contribution < -0.4 is 10.1 Å². The van der Waals surface area contributed by atoms with Gasteiger partial charge in [0.1, 0.15) is 5.75 Å². The number of carbonyl (C=O) groups is 2. The Hall–Kier alpha value is -3.19. The van der Waals surface area contributed by atoms with E-state index in [1.165, 1.54) is 18.4 Å². The van der Waals surface area contributed by atoms with Crippen LogP contribution in [0.25, 0.3) is 6.08 Å². The van der Waals surface area contributed by atoms with E-state index < -0.39 is 0 Å². The van der Waals surface area contributed by atoms with Gasteiger partial charge in [0, 0.05) is 37.6 Å². The predicted molar refractivity (Wildman–Crippen MR) is 128 cm³/mol. The third-order valence-corrected chi connectivity index (χ3v) is 6.47. The molecule has 4 rings (SSSR count). The average molecular weight is 449 g/mol. The standard InChI is InChI=1S/C26H32N4O3/c1-19-24(16-28-25(31)18-29-12-3-4-13-29)23-11-14-30(17-21(23)15-27-19)26(32)10-7-20-5-8-22(33-2)9-6-20/h5-10,15H,3-4,11-14,16-18H2,1-2H3,(H,28,31)/b10-7+. The quantitative estimate of drug-likeness (QED) is 0.660. The van der Waals surface area contributed by atoms with E-state index in [-0.39, 0.29) is 11.8 Å². The van der Waals surface area contributed by atoms with E-state index in [0.29, 0.717) is 26.2 Å². The van der Waals surface area contributed by atoms with Gasteiger partial charge < -0.3 is 15.0 Å². The maximum atomic E-state index is 12.8. The maximum Gasteiger partial charge on any atom is 0.246 e. The molecule has 1 fully saturated rings. The molecule has 2 aliphatic heterocycles. The number of hydrogen-bond donors (Lipinski definition) is 1. The molecule has 0 unspecified atom stereocenters. The van der Waals surface area contributed by atoms with Crippen molar-refractivity contribution in [3.8, 4) is 5.75 Å². The molecular formula is C26H32N4O3. The fourth-order valence-corrected chi connectivity index (χ4v) is 4.52. The summed E-state index contributed by atoms with van der Waals surface area (Å²) >= 11 is 0. The molecule has 2 aliphatic rings. The molecule has 1 saturated heterocycles. The van der Waals surface area contributed by atoms with Crippen LogP contribution in [0.1, 0.15) is 40.8 Å². The zero-order chi connectivity index (χ0) is 23.2. The number of ether oxygens (including phenoxy) is 1. The molecule has 2 amide bonds. The van der Waals surface area contributed by atoms with Gasteiger partial charge in [-0.05, 0) is 79.7 Å². The second-order valence-corrected chi connectivity index (χ2v) is 8.70. The number of methoxy groups -OCH3 is 1. The van der Waals surface area contributed by atoms with Crippen LogP contribution in [0.2, 0.25) is 0 Å². The third-order valence-electron chi connectivity index (χ3n) is 6.47. The largest absolute Gasteiger partial charge is 0.497 e. The van der Waals surface area contributed by atoms with Gasteiger partial charge in [-0.3, -0.25) is 19.5 Å². The molecule has 0 atom stereocenters. The fraction of sp³-hybridized carbons (Fsp3) is 0.423. The van der Waals surface area contributed by atoms with Gasteiger partial charge in [-0.25, -0.2) is 0 Å². The number of rotatable bonds is 7. The van der Waals surface area contributed by atoms with Gasteiger partial charge in [0.25, 0.3) is 0 Å². The van der Waals surface area contributed by atoms with Crippen molar-refractivity contribution in [1.82, 2.24) is 20.1 Å². The Balaban J connectivity index is 1.37. The summed E-state index contributed by atoms with van der Waals surface area (Å²) in [6.07, 6.45) is 8.42. The molecule has 2 aromatic rings. The number of fused-ring (bicyclic) bond motifs is 1. The van der Waals surface area contributed by atoms with Crippen LogP contribution in [0.5, 0.6) is 5.75 Å². The fourth-order valence-electron chi connectivity index (χ4n) is 4.52. The number of carbonyl (C=O) groups excluding carboxylic acids is 2. The minimum atomic E-state index is -0.0162. The van der Waals surface area contributed by atoms with Crippen LogP contribution in [0, 0.1) is 6.92 Å². The molecule has 0 radical (unpaired) electrons. The van der Waals surface area contributed by atoms with Crippen molar-refractivity contribution in [3.05, 3.63) is 64.5 Å². The summed E-state index contributed by atoms with van der Waals surface area (Å²) in [5.74, 6) is 0.833. The highest BCUT2D eigenvalue weighted by Gasteiger charge is 2.23. The molecule has 0 saturated carbocycles. The SMILES string of the molecule is COc1ccc(/C=C/C(=O)N2CCc3c(cnc(C)c3CNC(=O)CN3CCCC3)C2)cc1. The van der Waals surface area contributed by atoms with Crippen molar-refractivity contribution < 1.29 is 14.3 Å². The summed E-state index contributed by atoms with van der Waals surface area (Å²) in [7, 11) is 1.63. The van der Waals surface area contributed by atoms with Crippen LogP contribution in [0.3, 0.4) is 0 Å². The van der Waals surface area contributed by atoms with Crippen LogP contribution in [-0.2, 0) is 29.1 Å². The second-order valence-electron chi connectivity index (χ2n) is 8.70. The molecule has 3 heterocycles. The van der Waals surface area contributed by atoms with E-state index in [9.17, 15) is 9.59 Å². The summed E-state index contributed by atoms with van der Waals surface area (Å²) in [4.78, 5) is 33.7. The van der Waals surface area contributed by atoms with Crippen molar-refractivity contribution in [3.63, 3.8) is 0 Å². The molecule has 1 N–H and O–H groups in total. The minimum Gasteiger partial charge on any atom is -0.497 e. The lowest BCUT2D eigenvalue weighted by Gasteiger charge is -2.30. The van der Waals surface area contributed by atoms with Crippen molar-refractivity contribution >= 4 is 17.9 Å². The first-order valence-corrected chi connectivity index (χ1v) is 11.6. The normalized spacial score (nSPS) is 16.1. The highest BCUT2D eigenvalue weighted by atomic mass is 16.5. The number of nitrogens with zero attached hydrogens (tertiary/aromatic N) is 3. The van der Waals surface area contributed by atoms with Crippen molar-refractivity contribution in [2.24, 2.45) is 0 Å². The molecular weight excluding hydrogens is 416 g/mol. The number of amides is 2. The van der Waals surface area contributed by atoms with E-state index in [1.807, 2.05) is 48.4 Å². The van der Waals surface area contributed by atoms with Crippen LogP contribution in [0.4, 0.5) is 0 Å². The molecule has 1 aromatic heterocycles. The van der Waals surface area contributed by atoms with Gasteiger partial charge in [0.15, 0.2) is 0 Å². The summed E-state index contributed by atoms with van der Waals surface area (Å²) in [6, 6.07) is 7.59. The average Bonchev–Trinajstić information content (AvgIpc) is 3.35.